The highest BCUT2D eigenvalue weighted by Crippen LogP contribution is 2.45. The average Bonchev–Trinajstić information content (AvgIpc) is 2.82. The zero-order chi connectivity index (χ0) is 23.1. The zero-order valence-corrected chi connectivity index (χ0v) is 20.7. The lowest BCUT2D eigenvalue weighted by atomic mass is 9.67. The van der Waals surface area contributed by atoms with Gasteiger partial charge in [0.15, 0.2) is 0 Å². The van der Waals surface area contributed by atoms with Crippen molar-refractivity contribution < 1.29 is 9.53 Å². The normalized spacial score (nSPS) is 20.6. The largest absolute Gasteiger partial charge is 0.427 e. The van der Waals surface area contributed by atoms with E-state index in [4.69, 9.17) is 4.74 Å². The minimum Gasteiger partial charge on any atom is -0.427 e. The molecule has 178 valence electrons. The van der Waals surface area contributed by atoms with Crippen LogP contribution in [0.15, 0.2) is 24.3 Å². The Morgan fingerprint density at radius 1 is 0.906 bits per heavy atom. The Kier molecular flexibility index (Phi) is 12.5. The second kappa shape index (κ2) is 15.1. The lowest BCUT2D eigenvalue weighted by Crippen LogP contribution is -2.25. The molecule has 32 heavy (non-hydrogen) atoms. The van der Waals surface area contributed by atoms with Gasteiger partial charge in [-0.15, -0.1) is 0 Å². The number of rotatable bonds is 15. The first-order chi connectivity index (χ1) is 15.6. The molecule has 1 aromatic rings. The van der Waals surface area contributed by atoms with Crippen molar-refractivity contribution in [3.8, 4) is 11.8 Å². The van der Waals surface area contributed by atoms with Gasteiger partial charge >= 0.3 is 5.97 Å². The van der Waals surface area contributed by atoms with Crippen LogP contribution >= 0.6 is 0 Å². The van der Waals surface area contributed by atoms with Gasteiger partial charge in [0, 0.05) is 6.42 Å². The van der Waals surface area contributed by atoms with E-state index < -0.39 is 0 Å². The smallest absolute Gasteiger partial charge is 0.311 e. The van der Waals surface area contributed by atoms with Crippen LogP contribution in [-0.4, -0.2) is 5.97 Å². The van der Waals surface area contributed by atoms with Gasteiger partial charge in [-0.3, -0.25) is 4.79 Å². The third-order valence-electron chi connectivity index (χ3n) is 7.26. The van der Waals surface area contributed by atoms with Gasteiger partial charge in [0.25, 0.3) is 0 Å². The summed E-state index contributed by atoms with van der Waals surface area (Å²) in [4.78, 5) is 12.0. The first kappa shape index (κ1) is 26.4. The number of esters is 1. The molecule has 0 N–H and O–H groups in total. The Hall–Kier alpha value is -1.82. The molecule has 1 aromatic carbocycles. The second-order valence-corrected chi connectivity index (χ2v) is 9.89. The lowest BCUT2D eigenvalue weighted by molar-refractivity contribution is -0.134. The lowest BCUT2D eigenvalue weighted by Gasteiger charge is -2.35. The van der Waals surface area contributed by atoms with Gasteiger partial charge in [-0.25, -0.2) is 0 Å². The Labute approximate surface area is 196 Å². The van der Waals surface area contributed by atoms with Gasteiger partial charge in [-0.05, 0) is 62.1 Å². The molecule has 0 heterocycles. The molecule has 0 aliphatic heterocycles. The SMILES string of the molecule is CCCCCCCCC1(C#N)CCC(c2ccc(OC(=O)CCCCCCC)cc2)CC1. The summed E-state index contributed by atoms with van der Waals surface area (Å²) in [6.07, 6.45) is 19.2. The van der Waals surface area contributed by atoms with E-state index in [1.165, 1.54) is 63.4 Å². The van der Waals surface area contributed by atoms with E-state index in [9.17, 15) is 10.1 Å². The first-order valence-corrected chi connectivity index (χ1v) is 13.3. The molecule has 0 saturated heterocycles. The maximum Gasteiger partial charge on any atom is 0.311 e. The minimum atomic E-state index is -0.125. The average molecular weight is 440 g/mol. The molecule has 1 aliphatic rings. The highest BCUT2D eigenvalue weighted by molar-refractivity contribution is 5.72. The monoisotopic (exact) mass is 439 g/mol. The summed E-state index contributed by atoms with van der Waals surface area (Å²) in [5.74, 6) is 1.04. The van der Waals surface area contributed by atoms with Crippen molar-refractivity contribution in [1.82, 2.24) is 0 Å². The van der Waals surface area contributed by atoms with E-state index in [1.807, 2.05) is 12.1 Å². The fourth-order valence-corrected chi connectivity index (χ4v) is 5.03. The Morgan fingerprint density at radius 3 is 2.06 bits per heavy atom. The predicted molar refractivity (Wildman–Crippen MR) is 133 cm³/mol. The summed E-state index contributed by atoms with van der Waals surface area (Å²) in [6.45, 7) is 4.45. The molecule has 3 nitrogen and oxygen atoms in total. The third-order valence-corrected chi connectivity index (χ3v) is 7.26. The number of benzene rings is 1. The van der Waals surface area contributed by atoms with E-state index in [1.54, 1.807) is 0 Å². The van der Waals surface area contributed by atoms with Crippen LogP contribution in [0.25, 0.3) is 0 Å². The molecule has 1 fully saturated rings. The maximum atomic E-state index is 12.0. The molecule has 1 aliphatic carbocycles. The van der Waals surface area contributed by atoms with Crippen molar-refractivity contribution in [2.24, 2.45) is 5.41 Å². The van der Waals surface area contributed by atoms with E-state index >= 15 is 0 Å². The highest BCUT2D eigenvalue weighted by Gasteiger charge is 2.35. The van der Waals surface area contributed by atoms with Crippen molar-refractivity contribution in [2.75, 3.05) is 0 Å². The molecule has 0 bridgehead atoms. The zero-order valence-electron chi connectivity index (χ0n) is 20.7. The minimum absolute atomic E-state index is 0.103. The quantitative estimate of drug-likeness (QED) is 0.156. The molecule has 1 saturated carbocycles. The first-order valence-electron chi connectivity index (χ1n) is 13.3. The fraction of sp³-hybridized carbons (Fsp3) is 0.724. The van der Waals surface area contributed by atoms with Gasteiger partial charge in [0.1, 0.15) is 5.75 Å². The van der Waals surface area contributed by atoms with Gasteiger partial charge < -0.3 is 4.74 Å². The molecule has 0 unspecified atom stereocenters. The van der Waals surface area contributed by atoms with Crippen molar-refractivity contribution in [2.45, 2.75) is 129 Å². The number of unbranched alkanes of at least 4 members (excludes halogenated alkanes) is 9. The van der Waals surface area contributed by atoms with Crippen molar-refractivity contribution >= 4 is 5.97 Å². The molecule has 0 atom stereocenters. The van der Waals surface area contributed by atoms with Crippen LogP contribution in [0.5, 0.6) is 5.75 Å². The molecule has 0 radical (unpaired) electrons. The van der Waals surface area contributed by atoms with E-state index in [-0.39, 0.29) is 11.4 Å². The second-order valence-electron chi connectivity index (χ2n) is 9.89. The van der Waals surface area contributed by atoms with Crippen LogP contribution in [-0.2, 0) is 4.79 Å². The van der Waals surface area contributed by atoms with Crippen LogP contribution < -0.4 is 4.74 Å². The van der Waals surface area contributed by atoms with Crippen LogP contribution in [0, 0.1) is 16.7 Å². The third kappa shape index (κ3) is 9.35. The molecule has 0 aromatic heterocycles. The van der Waals surface area contributed by atoms with Crippen molar-refractivity contribution in [3.63, 3.8) is 0 Å². The van der Waals surface area contributed by atoms with Crippen LogP contribution in [0.2, 0.25) is 0 Å². The highest BCUT2D eigenvalue weighted by atomic mass is 16.5. The number of hydrogen-bond donors (Lipinski definition) is 0. The predicted octanol–water partition coefficient (Wildman–Crippen LogP) is 8.87. The number of carbonyl (C=O) groups excluding carboxylic acids is 1. The Balaban J connectivity index is 1.72. The Morgan fingerprint density at radius 2 is 1.47 bits per heavy atom. The van der Waals surface area contributed by atoms with Crippen molar-refractivity contribution in [1.29, 1.82) is 5.26 Å². The van der Waals surface area contributed by atoms with Crippen LogP contribution in [0.1, 0.15) is 134 Å². The van der Waals surface area contributed by atoms with Crippen molar-refractivity contribution in [3.05, 3.63) is 29.8 Å². The summed E-state index contributed by atoms with van der Waals surface area (Å²) in [5, 5.41) is 9.86. The van der Waals surface area contributed by atoms with E-state index in [2.05, 4.69) is 32.0 Å². The summed E-state index contributed by atoms with van der Waals surface area (Å²) >= 11 is 0. The summed E-state index contributed by atoms with van der Waals surface area (Å²) in [7, 11) is 0. The Bertz CT molecular complexity index is 680. The molecular weight excluding hydrogens is 394 g/mol. The maximum absolute atomic E-state index is 12.0. The summed E-state index contributed by atoms with van der Waals surface area (Å²) < 4.78 is 5.51. The number of nitrogens with zero attached hydrogens (tertiary/aromatic N) is 1. The number of hydrogen-bond acceptors (Lipinski definition) is 3. The number of carbonyl (C=O) groups is 1. The fourth-order valence-electron chi connectivity index (χ4n) is 5.03. The van der Waals surface area contributed by atoms with Gasteiger partial charge in [0.2, 0.25) is 0 Å². The molecule has 2 rings (SSSR count). The van der Waals surface area contributed by atoms with Gasteiger partial charge in [-0.2, -0.15) is 5.26 Å². The van der Waals surface area contributed by atoms with Gasteiger partial charge in [0.05, 0.1) is 11.5 Å². The molecular formula is C29H45NO2. The van der Waals surface area contributed by atoms with Crippen LogP contribution in [0.3, 0.4) is 0 Å². The molecule has 0 spiro atoms. The topological polar surface area (TPSA) is 50.1 Å². The molecule has 0 amide bonds. The summed E-state index contributed by atoms with van der Waals surface area (Å²) in [6, 6.07) is 10.8. The standard InChI is InChI=1S/C29H45NO2/c1-3-5-7-9-11-13-21-29(24-30)22-19-26(20-23-29)25-15-17-27(18-16-25)32-28(31)14-12-10-8-6-4-2/h15-18,26H,3-14,19-23H2,1-2H3. The molecule has 3 heteroatoms. The van der Waals surface area contributed by atoms with Crippen LogP contribution in [0.4, 0.5) is 0 Å². The summed E-state index contributed by atoms with van der Waals surface area (Å²) in [5.41, 5.74) is 1.21. The van der Waals surface area contributed by atoms with E-state index in [0.29, 0.717) is 18.1 Å². The van der Waals surface area contributed by atoms with Gasteiger partial charge in [-0.1, -0.05) is 90.2 Å². The number of ether oxygens (including phenoxy) is 1. The van der Waals surface area contributed by atoms with E-state index in [0.717, 1.165) is 44.9 Å². The number of nitriles is 1.